The van der Waals surface area contributed by atoms with Gasteiger partial charge in [0.05, 0.1) is 5.56 Å². The lowest BCUT2D eigenvalue weighted by molar-refractivity contribution is 0.0942. The molecule has 1 saturated carbocycles. The first-order chi connectivity index (χ1) is 11.1. The van der Waals surface area contributed by atoms with E-state index < -0.39 is 11.7 Å². The number of nitrogens with one attached hydrogen (secondary N) is 1. The Hall–Kier alpha value is -1.62. The van der Waals surface area contributed by atoms with E-state index in [0.717, 1.165) is 25.6 Å². The van der Waals surface area contributed by atoms with Crippen molar-refractivity contribution in [1.82, 2.24) is 10.2 Å². The van der Waals surface area contributed by atoms with Crippen LogP contribution in [0.15, 0.2) is 18.2 Å². The maximum Gasteiger partial charge on any atom is 0.254 e. The zero-order chi connectivity index (χ0) is 16.2. The van der Waals surface area contributed by atoms with Gasteiger partial charge in [-0.1, -0.05) is 19.3 Å². The maximum atomic E-state index is 13.6. The number of carbonyl (C=O) groups is 1. The van der Waals surface area contributed by atoms with Crippen LogP contribution in [-0.4, -0.2) is 41.6 Å². The van der Waals surface area contributed by atoms with Crippen LogP contribution in [0.4, 0.5) is 4.39 Å². The third-order valence-corrected chi connectivity index (χ3v) is 5.15. The molecule has 1 aliphatic heterocycles. The summed E-state index contributed by atoms with van der Waals surface area (Å²) >= 11 is 0. The molecule has 3 rings (SSSR count). The van der Waals surface area contributed by atoms with E-state index in [0.29, 0.717) is 18.5 Å². The van der Waals surface area contributed by atoms with Crippen molar-refractivity contribution in [2.75, 3.05) is 19.6 Å². The van der Waals surface area contributed by atoms with Crippen LogP contribution >= 0.6 is 0 Å². The molecule has 0 radical (unpaired) electrons. The lowest BCUT2D eigenvalue weighted by atomic mass is 9.94. The zero-order valence-electron chi connectivity index (χ0n) is 13.4. The number of halogens is 1. The Morgan fingerprint density at radius 3 is 2.83 bits per heavy atom. The van der Waals surface area contributed by atoms with Crippen molar-refractivity contribution >= 4 is 5.91 Å². The Morgan fingerprint density at radius 2 is 2.04 bits per heavy atom. The molecule has 1 heterocycles. The lowest BCUT2D eigenvalue weighted by Crippen LogP contribution is -2.36. The van der Waals surface area contributed by atoms with Gasteiger partial charge in [0.2, 0.25) is 0 Å². The van der Waals surface area contributed by atoms with E-state index in [1.165, 1.54) is 44.2 Å². The second-order valence-electron chi connectivity index (χ2n) is 6.82. The predicted molar refractivity (Wildman–Crippen MR) is 87.0 cm³/mol. The number of rotatable bonds is 4. The molecule has 126 valence electrons. The van der Waals surface area contributed by atoms with E-state index in [1.54, 1.807) is 0 Å². The van der Waals surface area contributed by atoms with Gasteiger partial charge < -0.3 is 15.3 Å². The average molecular weight is 320 g/mol. The Balaban J connectivity index is 1.49. The summed E-state index contributed by atoms with van der Waals surface area (Å²) in [7, 11) is 0. The van der Waals surface area contributed by atoms with Gasteiger partial charge in [-0.05, 0) is 49.9 Å². The van der Waals surface area contributed by atoms with Crippen LogP contribution in [0, 0.1) is 11.7 Å². The molecule has 0 spiro atoms. The number of aromatic hydroxyl groups is 1. The van der Waals surface area contributed by atoms with Crippen molar-refractivity contribution in [2.24, 2.45) is 5.92 Å². The molecule has 1 aromatic rings. The van der Waals surface area contributed by atoms with Crippen molar-refractivity contribution in [3.8, 4) is 5.75 Å². The first-order valence-electron chi connectivity index (χ1n) is 8.64. The molecule has 23 heavy (non-hydrogen) atoms. The molecule has 1 atom stereocenters. The molecule has 2 N–H and O–H groups in total. The number of phenols is 1. The van der Waals surface area contributed by atoms with Gasteiger partial charge in [0, 0.05) is 19.1 Å². The Bertz CT molecular complexity index is 558. The van der Waals surface area contributed by atoms with Crippen LogP contribution in [0.25, 0.3) is 0 Å². The Kier molecular flexibility index (Phi) is 5.16. The Labute approximate surface area is 136 Å². The van der Waals surface area contributed by atoms with Crippen LogP contribution < -0.4 is 5.32 Å². The van der Waals surface area contributed by atoms with Gasteiger partial charge in [-0.2, -0.15) is 0 Å². The van der Waals surface area contributed by atoms with Crippen molar-refractivity contribution in [3.63, 3.8) is 0 Å². The highest BCUT2D eigenvalue weighted by molar-refractivity contribution is 5.94. The molecule has 0 bridgehead atoms. The van der Waals surface area contributed by atoms with E-state index in [2.05, 4.69) is 10.2 Å². The monoisotopic (exact) mass is 320 g/mol. The number of hydrogen-bond acceptors (Lipinski definition) is 3. The molecule has 4 nitrogen and oxygen atoms in total. The summed E-state index contributed by atoms with van der Waals surface area (Å²) in [5.74, 6) is -0.716. The fourth-order valence-electron chi connectivity index (χ4n) is 3.83. The maximum absolute atomic E-state index is 13.6. The quantitative estimate of drug-likeness (QED) is 0.897. The first kappa shape index (κ1) is 16.2. The molecule has 2 aliphatic rings. The van der Waals surface area contributed by atoms with E-state index in [4.69, 9.17) is 0 Å². The summed E-state index contributed by atoms with van der Waals surface area (Å²) < 4.78 is 13.6. The predicted octanol–water partition coefficient (Wildman–Crippen LogP) is 2.92. The molecule has 1 saturated heterocycles. The minimum absolute atomic E-state index is 0.0906. The average Bonchev–Trinajstić information content (AvgIpc) is 3.05. The molecule has 2 fully saturated rings. The van der Waals surface area contributed by atoms with Crippen LogP contribution in [0.2, 0.25) is 0 Å². The number of phenolic OH excluding ortho intramolecular Hbond substituents is 1. The molecule has 0 unspecified atom stereocenters. The fourth-order valence-corrected chi connectivity index (χ4v) is 3.83. The highest BCUT2D eigenvalue weighted by atomic mass is 19.1. The molecule has 1 amide bonds. The molecule has 1 aliphatic carbocycles. The lowest BCUT2D eigenvalue weighted by Gasteiger charge is -2.31. The van der Waals surface area contributed by atoms with Crippen LogP contribution in [0.5, 0.6) is 5.75 Å². The Morgan fingerprint density at radius 1 is 1.26 bits per heavy atom. The summed E-state index contributed by atoms with van der Waals surface area (Å²) in [6.07, 6.45) is 7.71. The van der Waals surface area contributed by atoms with Crippen molar-refractivity contribution < 1.29 is 14.3 Å². The molecular formula is C18H25FN2O2. The van der Waals surface area contributed by atoms with Crippen molar-refractivity contribution in [1.29, 1.82) is 0 Å². The molecule has 1 aromatic carbocycles. The van der Waals surface area contributed by atoms with Crippen LogP contribution in [0.1, 0.15) is 48.9 Å². The van der Waals surface area contributed by atoms with Crippen molar-refractivity contribution in [2.45, 2.75) is 44.6 Å². The van der Waals surface area contributed by atoms with E-state index in [9.17, 15) is 14.3 Å². The summed E-state index contributed by atoms with van der Waals surface area (Å²) in [6.45, 7) is 2.69. The van der Waals surface area contributed by atoms with Crippen LogP contribution in [0.3, 0.4) is 0 Å². The van der Waals surface area contributed by atoms with Gasteiger partial charge in [-0.15, -0.1) is 0 Å². The number of nitrogens with zero attached hydrogens (tertiary/aromatic N) is 1. The number of benzene rings is 1. The molecule has 0 aromatic heterocycles. The number of hydrogen-bond donors (Lipinski definition) is 2. The highest BCUT2D eigenvalue weighted by Crippen LogP contribution is 2.27. The minimum Gasteiger partial charge on any atom is -0.508 e. The number of amides is 1. The van der Waals surface area contributed by atoms with Gasteiger partial charge in [0.25, 0.3) is 5.91 Å². The van der Waals surface area contributed by atoms with E-state index in [-0.39, 0.29) is 11.3 Å². The van der Waals surface area contributed by atoms with Gasteiger partial charge >= 0.3 is 0 Å². The number of likely N-dealkylation sites (tertiary alicyclic amines) is 1. The summed E-state index contributed by atoms with van der Waals surface area (Å²) in [4.78, 5) is 14.6. The normalized spacial score (nSPS) is 23.1. The smallest absolute Gasteiger partial charge is 0.254 e. The topological polar surface area (TPSA) is 52.6 Å². The van der Waals surface area contributed by atoms with Crippen molar-refractivity contribution in [3.05, 3.63) is 29.6 Å². The molecular weight excluding hydrogens is 295 g/mol. The second kappa shape index (κ2) is 7.30. The largest absolute Gasteiger partial charge is 0.508 e. The summed E-state index contributed by atoms with van der Waals surface area (Å²) in [5.41, 5.74) is -0.0906. The van der Waals surface area contributed by atoms with Gasteiger partial charge in [-0.25, -0.2) is 4.39 Å². The standard InChI is InChI=1S/C18H25FN2O2/c19-17-7-6-15(22)10-16(17)18(23)20-11-13-8-9-21(12-13)14-4-2-1-3-5-14/h6-7,10,13-14,22H,1-5,8-9,11-12H2,(H,20,23)/t13-/m1/s1. The minimum atomic E-state index is -0.601. The molecule has 5 heteroatoms. The third-order valence-electron chi connectivity index (χ3n) is 5.15. The second-order valence-corrected chi connectivity index (χ2v) is 6.82. The highest BCUT2D eigenvalue weighted by Gasteiger charge is 2.29. The first-order valence-corrected chi connectivity index (χ1v) is 8.64. The van der Waals surface area contributed by atoms with Gasteiger partial charge in [0.15, 0.2) is 0 Å². The SMILES string of the molecule is O=C(NC[C@H]1CCN(C2CCCCC2)C1)c1cc(O)ccc1F. The van der Waals surface area contributed by atoms with E-state index in [1.807, 2.05) is 0 Å². The third kappa shape index (κ3) is 4.02. The van der Waals surface area contributed by atoms with E-state index >= 15 is 0 Å². The fraction of sp³-hybridized carbons (Fsp3) is 0.611. The summed E-state index contributed by atoms with van der Waals surface area (Å²) in [5, 5.41) is 12.2. The van der Waals surface area contributed by atoms with Gasteiger partial charge in [-0.3, -0.25) is 4.79 Å². The van der Waals surface area contributed by atoms with Crippen LogP contribution in [-0.2, 0) is 0 Å². The summed E-state index contributed by atoms with van der Waals surface area (Å²) in [6, 6.07) is 4.25. The zero-order valence-corrected chi connectivity index (χ0v) is 13.4. The number of carbonyl (C=O) groups excluding carboxylic acids is 1. The van der Waals surface area contributed by atoms with Gasteiger partial charge in [0.1, 0.15) is 11.6 Å².